The summed E-state index contributed by atoms with van der Waals surface area (Å²) in [5.74, 6) is -3.04. The molecule has 0 heterocycles. The lowest BCUT2D eigenvalue weighted by atomic mass is 9.71. The maximum absolute atomic E-state index is 13.9. The van der Waals surface area contributed by atoms with Crippen LogP contribution in [0, 0.1) is 5.41 Å². The van der Waals surface area contributed by atoms with Crippen LogP contribution in [0.15, 0.2) is 67.9 Å². The average molecular weight is 643 g/mol. The molecule has 0 aromatic carbocycles. The molecule has 0 aromatic rings. The second-order valence-electron chi connectivity index (χ2n) is 13.4. The first kappa shape index (κ1) is 35.9. The Morgan fingerprint density at radius 1 is 0.511 bits per heavy atom. The van der Waals surface area contributed by atoms with Crippen LogP contribution in [0.3, 0.4) is 0 Å². The Labute approximate surface area is 278 Å². The van der Waals surface area contributed by atoms with Crippen LogP contribution in [0.25, 0.3) is 0 Å². The van der Waals surface area contributed by atoms with Crippen molar-refractivity contribution in [1.29, 1.82) is 0 Å². The van der Waals surface area contributed by atoms with E-state index in [0.717, 1.165) is 64.2 Å². The van der Waals surface area contributed by atoms with Gasteiger partial charge in [-0.25, -0.2) is 0 Å². The quantitative estimate of drug-likeness (QED) is 0.126. The Balaban J connectivity index is 1.75. The molecular formula is C39H50N2O6. The van der Waals surface area contributed by atoms with Crippen molar-refractivity contribution in [1.82, 2.24) is 0 Å². The van der Waals surface area contributed by atoms with Crippen LogP contribution in [-0.2, 0) is 28.8 Å². The van der Waals surface area contributed by atoms with Crippen molar-refractivity contribution in [3.63, 3.8) is 0 Å². The summed E-state index contributed by atoms with van der Waals surface area (Å²) in [7, 11) is 0. The van der Waals surface area contributed by atoms with Gasteiger partial charge in [-0.15, -0.1) is 0 Å². The molecule has 47 heavy (non-hydrogen) atoms. The molecule has 0 radical (unpaired) electrons. The van der Waals surface area contributed by atoms with E-state index in [1.807, 2.05) is 0 Å². The Kier molecular flexibility index (Phi) is 11.7. The highest BCUT2D eigenvalue weighted by Crippen LogP contribution is 2.71. The number of allylic oxidation sites excluding steroid dienone is 8. The molecule has 0 fully saturated rings. The van der Waals surface area contributed by atoms with Gasteiger partial charge in [-0.05, 0) is 61.1 Å². The van der Waals surface area contributed by atoms with Gasteiger partial charge in [0.2, 0.25) is 11.8 Å². The lowest BCUT2D eigenvalue weighted by Crippen LogP contribution is -2.24. The van der Waals surface area contributed by atoms with Gasteiger partial charge in [-0.3, -0.25) is 28.8 Å². The second kappa shape index (κ2) is 15.3. The van der Waals surface area contributed by atoms with Gasteiger partial charge in [0.1, 0.15) is 0 Å². The molecular weight excluding hydrogens is 592 g/mol. The summed E-state index contributed by atoms with van der Waals surface area (Å²) in [6.07, 6.45) is 18.0. The Morgan fingerprint density at radius 2 is 0.830 bits per heavy atom. The van der Waals surface area contributed by atoms with Gasteiger partial charge in [0, 0.05) is 35.1 Å². The Morgan fingerprint density at radius 3 is 1.13 bits per heavy atom. The van der Waals surface area contributed by atoms with E-state index in [9.17, 15) is 28.8 Å². The van der Waals surface area contributed by atoms with E-state index in [1.165, 1.54) is 26.7 Å². The van der Waals surface area contributed by atoms with Gasteiger partial charge in [0.05, 0.1) is 16.6 Å². The van der Waals surface area contributed by atoms with Crippen LogP contribution in [0.4, 0.5) is 0 Å². The first-order valence-electron chi connectivity index (χ1n) is 17.6. The third kappa shape index (κ3) is 6.48. The molecule has 252 valence electrons. The number of Topliss-reactive ketones (excluding diaryl/α,β-unsaturated/α-hetero) is 4. The summed E-state index contributed by atoms with van der Waals surface area (Å²) in [6.45, 7) is 6.94. The van der Waals surface area contributed by atoms with Gasteiger partial charge in [-0.1, -0.05) is 90.9 Å². The highest BCUT2D eigenvalue weighted by molar-refractivity contribution is 6.25. The first-order valence-corrected chi connectivity index (χ1v) is 17.6. The van der Waals surface area contributed by atoms with Gasteiger partial charge in [0.25, 0.3) is 0 Å². The number of hydrogen-bond acceptors (Lipinski definition) is 6. The normalized spacial score (nSPS) is 17.4. The summed E-state index contributed by atoms with van der Waals surface area (Å²) in [5, 5.41) is 0. The third-order valence-corrected chi connectivity index (χ3v) is 10.0. The fourth-order valence-electron chi connectivity index (χ4n) is 7.96. The fourth-order valence-corrected chi connectivity index (χ4v) is 7.96. The summed E-state index contributed by atoms with van der Waals surface area (Å²) < 4.78 is 0. The monoisotopic (exact) mass is 642 g/mol. The molecule has 0 atom stereocenters. The number of nitrogens with two attached hydrogens (primary N) is 2. The molecule has 4 rings (SSSR count). The molecule has 0 saturated carbocycles. The number of hydrogen-bond donors (Lipinski definition) is 2. The number of carbonyl (C=O) groups excluding carboxylic acids is 6. The predicted molar refractivity (Wildman–Crippen MR) is 182 cm³/mol. The Bertz CT molecular complexity index is 1470. The van der Waals surface area contributed by atoms with Crippen LogP contribution in [-0.4, -0.2) is 34.9 Å². The minimum absolute atomic E-state index is 0.00992. The van der Waals surface area contributed by atoms with Crippen LogP contribution < -0.4 is 11.5 Å². The van der Waals surface area contributed by atoms with E-state index < -0.39 is 28.8 Å². The molecule has 0 aromatic heterocycles. The number of primary amides is 2. The molecule has 8 heteroatoms. The predicted octanol–water partition coefficient (Wildman–Crippen LogP) is 6.63. The lowest BCUT2D eigenvalue weighted by molar-refractivity contribution is -0.117. The van der Waals surface area contributed by atoms with Crippen molar-refractivity contribution in [3.8, 4) is 0 Å². The molecule has 2 amide bonds. The van der Waals surface area contributed by atoms with Gasteiger partial charge < -0.3 is 11.5 Å². The molecule has 4 aliphatic rings. The third-order valence-electron chi connectivity index (χ3n) is 10.0. The number of rotatable bonds is 22. The number of ketones is 4. The summed E-state index contributed by atoms with van der Waals surface area (Å²) in [5.41, 5.74) is 11.7. The zero-order valence-electron chi connectivity index (χ0n) is 28.6. The highest BCUT2D eigenvalue weighted by atomic mass is 16.2. The number of amides is 2. The zero-order chi connectivity index (χ0) is 34.5. The molecule has 0 saturated heterocycles. The van der Waals surface area contributed by atoms with Crippen molar-refractivity contribution in [2.24, 2.45) is 16.9 Å². The molecule has 0 aliphatic heterocycles. The SMILES string of the molecule is CCCCCCCCCC(=O)C1=CC2=C(C(N)=O)C(C(C)=O)=C1C21C2=C(C(N)=O)C(C(C)=O)=C1C(C(=O)CCCCCCCCC)=C2. The van der Waals surface area contributed by atoms with Gasteiger partial charge in [0.15, 0.2) is 23.1 Å². The minimum Gasteiger partial charge on any atom is -0.366 e. The maximum Gasteiger partial charge on any atom is 0.249 e. The number of carbonyl (C=O) groups is 6. The first-order chi connectivity index (χ1) is 22.5. The number of unbranched alkanes of at least 4 members (excludes halogenated alkanes) is 12. The van der Waals surface area contributed by atoms with E-state index in [1.54, 1.807) is 12.2 Å². The van der Waals surface area contributed by atoms with Crippen molar-refractivity contribution in [2.75, 3.05) is 0 Å². The topological polar surface area (TPSA) is 154 Å². The van der Waals surface area contributed by atoms with Gasteiger partial charge in [-0.2, -0.15) is 0 Å². The van der Waals surface area contributed by atoms with Crippen LogP contribution in [0.2, 0.25) is 0 Å². The molecule has 1 spiro atoms. The summed E-state index contributed by atoms with van der Waals surface area (Å²) in [6, 6.07) is 0. The maximum atomic E-state index is 13.9. The smallest absolute Gasteiger partial charge is 0.249 e. The lowest BCUT2D eigenvalue weighted by Gasteiger charge is -2.28. The van der Waals surface area contributed by atoms with Crippen molar-refractivity contribution < 1.29 is 28.8 Å². The zero-order valence-corrected chi connectivity index (χ0v) is 28.6. The van der Waals surface area contributed by atoms with Crippen molar-refractivity contribution >= 4 is 34.9 Å². The van der Waals surface area contributed by atoms with E-state index >= 15 is 0 Å². The molecule has 4 bridgehead atoms. The van der Waals surface area contributed by atoms with Crippen molar-refractivity contribution in [2.45, 2.75) is 130 Å². The minimum atomic E-state index is -1.51. The van der Waals surface area contributed by atoms with Crippen LogP contribution >= 0.6 is 0 Å². The van der Waals surface area contributed by atoms with Crippen molar-refractivity contribution in [3.05, 3.63) is 67.9 Å². The van der Waals surface area contributed by atoms with E-state index in [-0.39, 0.29) is 80.1 Å². The molecule has 8 nitrogen and oxygen atoms in total. The average Bonchev–Trinajstić information content (AvgIpc) is 3.72. The second-order valence-corrected chi connectivity index (χ2v) is 13.4. The van der Waals surface area contributed by atoms with E-state index in [2.05, 4.69) is 13.8 Å². The standard InChI is InChI=1S/C39H50N2O6/c1-5-7-9-11-13-15-17-19-29(44)25-21-27-33(37(40)46)31(23(3)42)35(25)39(27)28-22-26(30(45)20-18-16-14-12-10-8-6-2)36(39)32(24(4)43)34(28)38(41)47/h21-22H,5-20H2,1-4H3,(H2,40,46)(H2,41,47). The molecule has 4 N–H and O–H groups in total. The van der Waals surface area contributed by atoms with E-state index in [0.29, 0.717) is 12.8 Å². The van der Waals surface area contributed by atoms with Crippen LogP contribution in [0.5, 0.6) is 0 Å². The fraction of sp³-hybridized carbons (Fsp3) is 0.538. The van der Waals surface area contributed by atoms with Gasteiger partial charge >= 0.3 is 0 Å². The Hall–Kier alpha value is -3.94. The largest absolute Gasteiger partial charge is 0.366 e. The highest BCUT2D eigenvalue weighted by Gasteiger charge is 2.65. The summed E-state index contributed by atoms with van der Waals surface area (Å²) >= 11 is 0. The van der Waals surface area contributed by atoms with E-state index in [4.69, 9.17) is 11.5 Å². The van der Waals surface area contributed by atoms with Crippen LogP contribution in [0.1, 0.15) is 130 Å². The molecule has 0 unspecified atom stereocenters. The molecule has 4 aliphatic carbocycles. The summed E-state index contributed by atoms with van der Waals surface area (Å²) in [4.78, 5) is 80.3.